The minimum Gasteiger partial charge on any atom is -0.497 e. The molecule has 5 aliphatic rings. The van der Waals surface area contributed by atoms with E-state index in [0.29, 0.717) is 9.23 Å². The van der Waals surface area contributed by atoms with Crippen LogP contribution in [0, 0.1) is 17.8 Å². The van der Waals surface area contributed by atoms with E-state index in [1.54, 1.807) is 7.11 Å². The molecule has 30 heavy (non-hydrogen) atoms. The van der Waals surface area contributed by atoms with Crippen molar-refractivity contribution >= 4 is 46.2 Å². The third kappa shape index (κ3) is 3.78. The first-order chi connectivity index (χ1) is 14.4. The summed E-state index contributed by atoms with van der Waals surface area (Å²) >= 11 is 6.67. The van der Waals surface area contributed by atoms with Gasteiger partial charge < -0.3 is 10.1 Å². The van der Waals surface area contributed by atoms with Crippen LogP contribution in [-0.4, -0.2) is 40.2 Å². The highest BCUT2D eigenvalue weighted by atomic mass is 32.2. The average molecular weight is 443 g/mol. The molecule has 158 valence electrons. The molecule has 5 fully saturated rings. The number of rotatable bonds is 5. The van der Waals surface area contributed by atoms with Gasteiger partial charge in [0, 0.05) is 5.54 Å². The summed E-state index contributed by atoms with van der Waals surface area (Å²) in [5.41, 5.74) is 0.847. The number of amides is 2. The number of nitrogens with one attached hydrogen (secondary N) is 1. The van der Waals surface area contributed by atoms with E-state index in [-0.39, 0.29) is 23.9 Å². The zero-order valence-electron chi connectivity index (χ0n) is 17.1. The lowest BCUT2D eigenvalue weighted by atomic mass is 9.53. The summed E-state index contributed by atoms with van der Waals surface area (Å²) in [6.07, 6.45) is 9.11. The van der Waals surface area contributed by atoms with Crippen LogP contribution < -0.4 is 10.1 Å². The number of thiocarbonyl (C=S) groups is 1. The molecule has 1 aromatic carbocycles. The summed E-state index contributed by atoms with van der Waals surface area (Å²) in [5.74, 6) is 2.78. The van der Waals surface area contributed by atoms with Crippen molar-refractivity contribution in [1.82, 2.24) is 10.2 Å². The van der Waals surface area contributed by atoms with Crippen LogP contribution in [0.25, 0.3) is 6.08 Å². The fraction of sp³-hybridized carbons (Fsp3) is 0.522. The quantitative estimate of drug-likeness (QED) is 0.552. The van der Waals surface area contributed by atoms with Gasteiger partial charge in [0.05, 0.1) is 12.0 Å². The number of carbonyl (C=O) groups is 2. The Morgan fingerprint density at radius 1 is 1.20 bits per heavy atom. The number of hydrogen-bond acceptors (Lipinski definition) is 5. The topological polar surface area (TPSA) is 58.6 Å². The Hall–Kier alpha value is -1.86. The van der Waals surface area contributed by atoms with Crippen LogP contribution in [0.2, 0.25) is 0 Å². The van der Waals surface area contributed by atoms with Crippen molar-refractivity contribution < 1.29 is 14.3 Å². The molecule has 0 radical (unpaired) electrons. The highest BCUT2D eigenvalue weighted by Gasteiger charge is 2.51. The second kappa shape index (κ2) is 7.68. The molecule has 1 heterocycles. The Bertz CT molecular complexity index is 890. The minimum absolute atomic E-state index is 0.00632. The number of carbonyl (C=O) groups excluding carboxylic acids is 2. The molecule has 1 aromatic rings. The van der Waals surface area contributed by atoms with Crippen molar-refractivity contribution in [2.75, 3.05) is 13.7 Å². The van der Waals surface area contributed by atoms with E-state index in [0.717, 1.165) is 48.3 Å². The summed E-state index contributed by atoms with van der Waals surface area (Å²) in [6.45, 7) is 0.00632. The van der Waals surface area contributed by atoms with Gasteiger partial charge in [-0.2, -0.15) is 0 Å². The summed E-state index contributed by atoms with van der Waals surface area (Å²) in [5, 5.41) is 3.33. The normalized spacial score (nSPS) is 33.4. The molecule has 4 saturated carbocycles. The first kappa shape index (κ1) is 20.1. The van der Waals surface area contributed by atoms with Crippen molar-refractivity contribution in [2.45, 2.75) is 44.1 Å². The Morgan fingerprint density at radius 3 is 2.37 bits per heavy atom. The number of thioether (sulfide) groups is 1. The Morgan fingerprint density at radius 2 is 1.80 bits per heavy atom. The molecule has 1 aliphatic heterocycles. The van der Waals surface area contributed by atoms with E-state index >= 15 is 0 Å². The van der Waals surface area contributed by atoms with Crippen LogP contribution >= 0.6 is 24.0 Å². The van der Waals surface area contributed by atoms with E-state index < -0.39 is 0 Å². The standard InChI is InChI=1S/C23H26N2O3S2/c1-28-18-4-2-14(3-5-18)9-19-21(27)25(22(29)30-19)13-20(26)24-23-10-15-6-16(11-23)8-17(7-15)12-23/h2-5,9,15-17H,6-8,10-13H2,1H3,(H,24,26). The number of methoxy groups -OCH3 is 1. The number of ether oxygens (including phenoxy) is 1. The second-order valence-electron chi connectivity index (χ2n) is 9.29. The molecule has 7 heteroatoms. The molecule has 6 rings (SSSR count). The summed E-state index contributed by atoms with van der Waals surface area (Å²) in [4.78, 5) is 27.8. The van der Waals surface area contributed by atoms with Crippen molar-refractivity contribution in [3.63, 3.8) is 0 Å². The molecule has 4 bridgehead atoms. The van der Waals surface area contributed by atoms with Gasteiger partial charge in [-0.25, -0.2) is 0 Å². The minimum atomic E-state index is -0.193. The zero-order chi connectivity index (χ0) is 20.9. The van der Waals surface area contributed by atoms with Crippen molar-refractivity contribution in [2.24, 2.45) is 17.8 Å². The molecule has 5 nitrogen and oxygen atoms in total. The molecule has 0 aromatic heterocycles. The molecule has 1 N–H and O–H groups in total. The van der Waals surface area contributed by atoms with Gasteiger partial charge in [-0.05, 0) is 80.1 Å². The van der Waals surface area contributed by atoms with Gasteiger partial charge in [0.15, 0.2) is 0 Å². The lowest BCUT2D eigenvalue weighted by Gasteiger charge is -2.57. The molecule has 4 aliphatic carbocycles. The van der Waals surface area contributed by atoms with Crippen LogP contribution in [-0.2, 0) is 9.59 Å². The molecule has 0 unspecified atom stereocenters. The average Bonchev–Trinajstić information content (AvgIpc) is 2.94. The lowest BCUT2D eigenvalue weighted by molar-refractivity contribution is -0.132. The number of hydrogen-bond donors (Lipinski definition) is 1. The summed E-state index contributed by atoms with van der Waals surface area (Å²) in [7, 11) is 1.62. The largest absolute Gasteiger partial charge is 0.497 e. The second-order valence-corrected chi connectivity index (χ2v) is 11.0. The van der Waals surface area contributed by atoms with E-state index in [1.807, 2.05) is 30.3 Å². The summed E-state index contributed by atoms with van der Waals surface area (Å²) in [6, 6.07) is 7.49. The van der Waals surface area contributed by atoms with E-state index in [2.05, 4.69) is 5.32 Å². The van der Waals surface area contributed by atoms with Crippen LogP contribution in [0.1, 0.15) is 44.1 Å². The third-order valence-corrected chi connectivity index (χ3v) is 8.41. The van der Waals surface area contributed by atoms with Gasteiger partial charge >= 0.3 is 0 Å². The van der Waals surface area contributed by atoms with Gasteiger partial charge in [0.1, 0.15) is 16.6 Å². The molecule has 2 amide bonds. The first-order valence-corrected chi connectivity index (χ1v) is 11.9. The highest BCUT2D eigenvalue weighted by Crippen LogP contribution is 2.55. The van der Waals surface area contributed by atoms with Gasteiger partial charge in [0.2, 0.25) is 5.91 Å². The number of nitrogens with zero attached hydrogens (tertiary/aromatic N) is 1. The SMILES string of the molecule is COc1ccc(C=C2SC(=S)N(CC(=O)NC34CC5CC(CC(C5)C3)C4)C2=O)cc1. The summed E-state index contributed by atoms with van der Waals surface area (Å²) < 4.78 is 5.62. The monoisotopic (exact) mass is 442 g/mol. The molecular weight excluding hydrogens is 416 g/mol. The van der Waals surface area contributed by atoms with E-state index in [1.165, 1.54) is 35.9 Å². The highest BCUT2D eigenvalue weighted by molar-refractivity contribution is 8.26. The van der Waals surface area contributed by atoms with Gasteiger partial charge in [0.25, 0.3) is 5.91 Å². The fourth-order valence-electron chi connectivity index (χ4n) is 6.23. The van der Waals surface area contributed by atoms with Crippen LogP contribution in [0.15, 0.2) is 29.2 Å². The van der Waals surface area contributed by atoms with Crippen molar-refractivity contribution in [1.29, 1.82) is 0 Å². The van der Waals surface area contributed by atoms with Crippen molar-refractivity contribution in [3.05, 3.63) is 34.7 Å². The van der Waals surface area contributed by atoms with Gasteiger partial charge in [-0.15, -0.1) is 0 Å². The Labute approximate surface area is 186 Å². The fourth-order valence-corrected chi connectivity index (χ4v) is 7.49. The Kier molecular flexibility index (Phi) is 5.14. The third-order valence-electron chi connectivity index (χ3n) is 7.03. The predicted octanol–water partition coefficient (Wildman–Crippen LogP) is 3.98. The maximum Gasteiger partial charge on any atom is 0.266 e. The maximum atomic E-state index is 12.9. The van der Waals surface area contributed by atoms with Crippen LogP contribution in [0.3, 0.4) is 0 Å². The van der Waals surface area contributed by atoms with Crippen molar-refractivity contribution in [3.8, 4) is 5.75 Å². The molecular formula is C23H26N2O3S2. The lowest BCUT2D eigenvalue weighted by Crippen LogP contribution is -2.61. The molecule has 0 spiro atoms. The van der Waals surface area contributed by atoms with E-state index in [4.69, 9.17) is 17.0 Å². The van der Waals surface area contributed by atoms with Crippen LogP contribution in [0.5, 0.6) is 5.75 Å². The first-order valence-electron chi connectivity index (χ1n) is 10.6. The Balaban J connectivity index is 1.25. The molecule has 1 saturated heterocycles. The smallest absolute Gasteiger partial charge is 0.266 e. The van der Waals surface area contributed by atoms with E-state index in [9.17, 15) is 9.59 Å². The van der Waals surface area contributed by atoms with Gasteiger partial charge in [-0.1, -0.05) is 36.1 Å². The van der Waals surface area contributed by atoms with Gasteiger partial charge in [-0.3, -0.25) is 14.5 Å². The number of benzene rings is 1. The molecule has 0 atom stereocenters. The zero-order valence-corrected chi connectivity index (χ0v) is 18.7. The van der Waals surface area contributed by atoms with Crippen LogP contribution in [0.4, 0.5) is 0 Å². The maximum absolute atomic E-state index is 12.9. The predicted molar refractivity (Wildman–Crippen MR) is 122 cm³/mol.